The van der Waals surface area contributed by atoms with Crippen LogP contribution in [0.5, 0.6) is 5.75 Å². The number of benzene rings is 1. The largest absolute Gasteiger partial charge is 0.874 e. The van der Waals surface area contributed by atoms with Gasteiger partial charge in [-0.25, -0.2) is 0 Å². The number of Topliss-reactive ketones (excluding diaryl/α,β-unsaturated/α-hetero) is 1. The van der Waals surface area contributed by atoms with Crippen molar-refractivity contribution >= 4 is 17.0 Å². The Labute approximate surface area is 265 Å². The molecule has 0 spiro atoms. The molecule has 0 saturated heterocycles. The van der Waals surface area contributed by atoms with Crippen LogP contribution in [-0.4, -0.2) is 30.0 Å². The lowest BCUT2D eigenvalue weighted by Crippen LogP contribution is -3.13. The molecule has 0 saturated carbocycles. The highest BCUT2D eigenvalue weighted by atomic mass is 16.3. The Kier molecular flexibility index (Phi) is 7.83. The Balaban J connectivity index is 1.31. The number of fused-ring (bicyclic) bond motifs is 1. The van der Waals surface area contributed by atoms with E-state index in [0.717, 1.165) is 62.2 Å². The van der Waals surface area contributed by atoms with Crippen LogP contribution in [0.2, 0.25) is 0 Å². The van der Waals surface area contributed by atoms with Gasteiger partial charge in [0.2, 0.25) is 5.43 Å². The Morgan fingerprint density at radius 3 is 2.40 bits per heavy atom. The van der Waals surface area contributed by atoms with E-state index >= 15 is 0 Å². The molecule has 3 atom stereocenters. The monoisotopic (exact) mass is 610 g/mol. The van der Waals surface area contributed by atoms with E-state index in [2.05, 4.69) is 64.6 Å². The summed E-state index contributed by atoms with van der Waals surface area (Å²) in [5, 5.41) is 24.0. The van der Waals surface area contributed by atoms with Gasteiger partial charge in [-0.2, -0.15) is 0 Å². The predicted molar refractivity (Wildman–Crippen MR) is 176 cm³/mol. The van der Waals surface area contributed by atoms with E-state index in [9.17, 15) is 24.6 Å². The Morgan fingerprint density at radius 2 is 1.73 bits per heavy atom. The van der Waals surface area contributed by atoms with Crippen LogP contribution >= 0.6 is 0 Å². The van der Waals surface area contributed by atoms with Gasteiger partial charge in [0.15, 0.2) is 11.5 Å². The molecular weight excluding hydrogens is 564 g/mol. The second kappa shape index (κ2) is 11.3. The van der Waals surface area contributed by atoms with E-state index in [0.29, 0.717) is 24.0 Å². The molecule has 45 heavy (non-hydrogen) atoms. The molecule has 7 heteroatoms. The van der Waals surface area contributed by atoms with Crippen molar-refractivity contribution < 1.29 is 19.9 Å². The molecule has 3 unspecified atom stereocenters. The molecule has 0 aromatic heterocycles. The van der Waals surface area contributed by atoms with E-state index in [-0.39, 0.29) is 34.0 Å². The van der Waals surface area contributed by atoms with Crippen molar-refractivity contribution in [2.24, 2.45) is 11.3 Å². The van der Waals surface area contributed by atoms with Crippen molar-refractivity contribution in [3.63, 3.8) is 0 Å². The van der Waals surface area contributed by atoms with Crippen LogP contribution in [0.15, 0.2) is 74.3 Å². The van der Waals surface area contributed by atoms with Gasteiger partial charge in [0, 0.05) is 58.7 Å². The maximum absolute atomic E-state index is 13.8. The molecule has 0 amide bonds. The van der Waals surface area contributed by atoms with Gasteiger partial charge in [0.1, 0.15) is 11.7 Å². The molecule has 238 valence electrons. The van der Waals surface area contributed by atoms with Crippen molar-refractivity contribution in [1.82, 2.24) is 0 Å². The number of nitrogens with one attached hydrogen (secondary N) is 1. The fourth-order valence-electron chi connectivity index (χ4n) is 8.40. The molecule has 0 fully saturated rings. The third-order valence-corrected chi connectivity index (χ3v) is 11.1. The number of carbonyl (C=O) groups excluding carboxylic acids is 1. The van der Waals surface area contributed by atoms with Gasteiger partial charge in [0.05, 0.1) is 12.1 Å². The van der Waals surface area contributed by atoms with Gasteiger partial charge >= 0.3 is 0 Å². The Bertz CT molecular complexity index is 1760. The number of carbonyl (C=O) groups is 1. The van der Waals surface area contributed by atoms with E-state index < -0.39 is 22.5 Å². The van der Waals surface area contributed by atoms with Gasteiger partial charge in [-0.05, 0) is 62.5 Å². The third kappa shape index (κ3) is 4.68. The van der Waals surface area contributed by atoms with Crippen LogP contribution in [0.3, 0.4) is 0 Å². The molecule has 7 nitrogen and oxygen atoms in total. The number of unbranched alkanes of at least 4 members (excludes halogenated alkanes) is 2. The first kappa shape index (κ1) is 31.3. The smallest absolute Gasteiger partial charge is 0.268 e. The standard InChI is InChI=1S/C38H46N2O5/c1-7-9-17-39-27-14-12-11-13-25(27)37(3,4)29(39)20-23-32(41)24(33(23)42)21-30-38(5,6)26-19-22(31-34(43)36(45)35(31)44)15-16-28(26)40(30)18-10-8-2/h11-14,19-20,24,30,41,43H,7-10,15-18,21H2,1-6H3. The minimum atomic E-state index is -0.813. The fourth-order valence-corrected chi connectivity index (χ4v) is 8.40. The van der Waals surface area contributed by atoms with Crippen LogP contribution < -0.4 is 25.8 Å². The van der Waals surface area contributed by atoms with Crippen molar-refractivity contribution in [2.45, 2.75) is 97.9 Å². The van der Waals surface area contributed by atoms with Crippen LogP contribution in [0.4, 0.5) is 5.69 Å². The van der Waals surface area contributed by atoms with Gasteiger partial charge in [-0.3, -0.25) is 14.4 Å². The maximum atomic E-state index is 13.8. The highest BCUT2D eigenvalue weighted by Gasteiger charge is 2.53. The Hall–Kier alpha value is -3.71. The quantitative estimate of drug-likeness (QED) is 0.391. The second-order valence-electron chi connectivity index (χ2n) is 14.5. The highest BCUT2D eigenvalue weighted by Crippen LogP contribution is 2.50. The summed E-state index contributed by atoms with van der Waals surface area (Å²) in [6.07, 6.45) is 9.78. The Morgan fingerprint density at radius 1 is 1.02 bits per heavy atom. The van der Waals surface area contributed by atoms with Crippen molar-refractivity contribution in [3.05, 3.63) is 96.3 Å². The average Bonchev–Trinajstić information content (AvgIpc) is 3.37. The number of quaternary nitrogens is 1. The van der Waals surface area contributed by atoms with Crippen LogP contribution in [-0.2, 0) is 10.2 Å². The molecule has 4 aliphatic rings. The van der Waals surface area contributed by atoms with Gasteiger partial charge in [-0.15, -0.1) is 5.76 Å². The second-order valence-corrected chi connectivity index (χ2v) is 14.5. The van der Waals surface area contributed by atoms with Crippen LogP contribution in [0.1, 0.15) is 97.6 Å². The van der Waals surface area contributed by atoms with Gasteiger partial charge in [-0.1, -0.05) is 58.7 Å². The summed E-state index contributed by atoms with van der Waals surface area (Å²) >= 11 is 0. The average molecular weight is 611 g/mol. The first-order valence-electron chi connectivity index (χ1n) is 16.7. The summed E-state index contributed by atoms with van der Waals surface area (Å²) in [5.74, 6) is -1.20. The lowest BCUT2D eigenvalue weighted by molar-refractivity contribution is -0.889. The van der Waals surface area contributed by atoms with E-state index in [1.54, 1.807) is 0 Å². The first-order chi connectivity index (χ1) is 21.4. The van der Waals surface area contributed by atoms with Gasteiger partial charge in [0.25, 0.3) is 5.43 Å². The highest BCUT2D eigenvalue weighted by molar-refractivity contribution is 6.08. The number of para-hydroxylation sites is 1. The minimum Gasteiger partial charge on any atom is -0.874 e. The predicted octanol–water partition coefficient (Wildman–Crippen LogP) is 4.20. The van der Waals surface area contributed by atoms with Gasteiger partial charge < -0.3 is 20.0 Å². The summed E-state index contributed by atoms with van der Waals surface area (Å²) < 4.78 is 0. The van der Waals surface area contributed by atoms with Crippen molar-refractivity contribution in [3.8, 4) is 5.75 Å². The molecule has 2 aliphatic heterocycles. The molecule has 2 heterocycles. The zero-order valence-corrected chi connectivity index (χ0v) is 27.5. The van der Waals surface area contributed by atoms with Crippen molar-refractivity contribution in [2.75, 3.05) is 18.0 Å². The first-order valence-corrected chi connectivity index (χ1v) is 16.7. The minimum absolute atomic E-state index is 0.0197. The summed E-state index contributed by atoms with van der Waals surface area (Å²) in [5.41, 5.74) is 4.83. The third-order valence-electron chi connectivity index (χ3n) is 11.1. The number of allylic oxidation sites excluding steroid dienone is 7. The number of aromatic hydroxyl groups is 1. The molecule has 0 bridgehead atoms. The zero-order valence-electron chi connectivity index (χ0n) is 27.5. The molecule has 2 aromatic carbocycles. The summed E-state index contributed by atoms with van der Waals surface area (Å²) in [4.78, 5) is 41.5. The van der Waals surface area contributed by atoms with E-state index in [1.165, 1.54) is 16.2 Å². The molecule has 0 radical (unpaired) electrons. The summed E-state index contributed by atoms with van der Waals surface area (Å²) in [6, 6.07) is 8.40. The number of hydrogen-bond donors (Lipinski definition) is 2. The SMILES string of the molecule is CCCCN1C(=CC2=C([O-])C(CC3[NH+](CCCC)C4=C(C=C(c5c(O)c(=O)c5=O)CC4)C3(C)C)C2=O)C(C)(C)c2ccccc21. The van der Waals surface area contributed by atoms with Crippen LogP contribution in [0.25, 0.3) is 5.57 Å². The zero-order chi connectivity index (χ0) is 32.4. The molecule has 2 aromatic rings. The van der Waals surface area contributed by atoms with E-state index in [4.69, 9.17) is 0 Å². The van der Waals surface area contributed by atoms with E-state index in [1.807, 2.05) is 18.2 Å². The lowest BCUT2D eigenvalue weighted by atomic mass is 9.70. The topological polar surface area (TPSA) is 102 Å². The number of hydrogen-bond acceptors (Lipinski definition) is 6. The fraction of sp³-hybridized carbons (Fsp3) is 0.500. The number of nitrogens with zero attached hydrogens (tertiary/aromatic N) is 1. The lowest BCUT2D eigenvalue weighted by Gasteiger charge is -2.41. The maximum Gasteiger partial charge on any atom is 0.268 e. The van der Waals surface area contributed by atoms with Crippen LogP contribution in [0, 0.1) is 11.3 Å². The molecule has 2 N–H and O–H groups in total. The normalized spacial score (nSPS) is 26.0. The molecule has 2 aliphatic carbocycles. The molecule has 6 rings (SSSR count). The summed E-state index contributed by atoms with van der Waals surface area (Å²) in [7, 11) is 0. The summed E-state index contributed by atoms with van der Waals surface area (Å²) in [6.45, 7) is 14.8. The number of rotatable bonds is 10. The number of ketones is 1. The van der Waals surface area contributed by atoms with Crippen molar-refractivity contribution in [1.29, 1.82) is 0 Å². The number of anilines is 1. The molecular formula is C38H46N2O5.